The number of carbonyl (C=O) groups is 1. The lowest BCUT2D eigenvalue weighted by molar-refractivity contribution is -0.144. The highest BCUT2D eigenvalue weighted by Gasteiger charge is 2.11. The summed E-state index contributed by atoms with van der Waals surface area (Å²) in [4.78, 5) is 23.9. The number of ether oxygens (including phenoxy) is 2. The number of rotatable bonds is 8. The average Bonchev–Trinajstić information content (AvgIpc) is 3.16. The molecule has 26 heavy (non-hydrogen) atoms. The van der Waals surface area contributed by atoms with Crippen molar-refractivity contribution in [3.8, 4) is 17.2 Å². The summed E-state index contributed by atoms with van der Waals surface area (Å²) in [5, 5.41) is 6.73. The molecule has 9 heteroatoms. The number of nitrogens with zero attached hydrogens (tertiary/aromatic N) is 4. The fourth-order valence-corrected chi connectivity index (χ4v) is 2.05. The van der Waals surface area contributed by atoms with Crippen LogP contribution >= 0.6 is 0 Å². The van der Waals surface area contributed by atoms with Crippen molar-refractivity contribution in [3.05, 3.63) is 48.5 Å². The second-order valence-electron chi connectivity index (χ2n) is 5.15. The van der Waals surface area contributed by atoms with Crippen molar-refractivity contribution in [2.75, 3.05) is 19.0 Å². The Hall–Kier alpha value is -3.49. The van der Waals surface area contributed by atoms with Gasteiger partial charge in [0.1, 0.15) is 5.75 Å². The van der Waals surface area contributed by atoms with Crippen LogP contribution in [0.15, 0.2) is 47.2 Å². The van der Waals surface area contributed by atoms with Crippen molar-refractivity contribution >= 4 is 11.9 Å². The summed E-state index contributed by atoms with van der Waals surface area (Å²) in [5.41, 5.74) is 0.753. The van der Waals surface area contributed by atoms with Gasteiger partial charge in [0, 0.05) is 24.5 Å². The quantitative estimate of drug-likeness (QED) is 0.607. The predicted molar refractivity (Wildman–Crippen MR) is 91.2 cm³/mol. The number of aromatic nitrogens is 4. The summed E-state index contributed by atoms with van der Waals surface area (Å²) >= 11 is 0. The number of hydrogen-bond donors (Lipinski definition) is 1. The Bertz CT molecular complexity index is 836. The van der Waals surface area contributed by atoms with Gasteiger partial charge in [-0.05, 0) is 30.3 Å². The summed E-state index contributed by atoms with van der Waals surface area (Å²) in [5.74, 6) is 1.45. The van der Waals surface area contributed by atoms with E-state index in [1.165, 1.54) is 0 Å². The molecule has 0 aliphatic rings. The number of hydrogen-bond acceptors (Lipinski definition) is 9. The number of carbonyl (C=O) groups excluding carboxylic acids is 1. The maximum atomic E-state index is 11.8. The van der Waals surface area contributed by atoms with Gasteiger partial charge < -0.3 is 19.3 Å². The van der Waals surface area contributed by atoms with E-state index in [0.717, 1.165) is 11.3 Å². The van der Waals surface area contributed by atoms with Gasteiger partial charge in [-0.25, -0.2) is 9.97 Å². The zero-order valence-corrected chi connectivity index (χ0v) is 14.1. The van der Waals surface area contributed by atoms with Gasteiger partial charge in [-0.3, -0.25) is 4.79 Å². The third-order valence-electron chi connectivity index (χ3n) is 3.35. The van der Waals surface area contributed by atoms with Gasteiger partial charge in [-0.15, -0.1) is 0 Å². The summed E-state index contributed by atoms with van der Waals surface area (Å²) in [6, 6.07) is 8.91. The molecule has 0 saturated heterocycles. The highest BCUT2D eigenvalue weighted by Crippen LogP contribution is 2.20. The molecule has 0 fully saturated rings. The van der Waals surface area contributed by atoms with Crippen LogP contribution in [-0.4, -0.2) is 39.7 Å². The number of methoxy groups -OCH3 is 1. The molecule has 0 aliphatic heterocycles. The van der Waals surface area contributed by atoms with Crippen LogP contribution < -0.4 is 10.1 Å². The van der Waals surface area contributed by atoms with Gasteiger partial charge >= 0.3 is 5.97 Å². The summed E-state index contributed by atoms with van der Waals surface area (Å²) in [7, 11) is 1.59. The molecule has 0 amide bonds. The largest absolute Gasteiger partial charge is 0.497 e. The van der Waals surface area contributed by atoms with E-state index in [4.69, 9.17) is 14.0 Å². The van der Waals surface area contributed by atoms with E-state index < -0.39 is 0 Å². The molecule has 134 valence electrons. The smallest absolute Gasteiger partial charge is 0.308 e. The minimum atomic E-state index is -0.385. The van der Waals surface area contributed by atoms with E-state index in [-0.39, 0.29) is 19.0 Å². The van der Waals surface area contributed by atoms with Gasteiger partial charge in [-0.1, -0.05) is 5.16 Å². The first-order chi connectivity index (χ1) is 12.7. The molecule has 0 saturated carbocycles. The molecular weight excluding hydrogens is 338 g/mol. The number of esters is 1. The van der Waals surface area contributed by atoms with Crippen molar-refractivity contribution in [3.63, 3.8) is 0 Å². The summed E-state index contributed by atoms with van der Waals surface area (Å²) in [6.07, 6.45) is 3.40. The van der Waals surface area contributed by atoms with Gasteiger partial charge in [0.15, 0.2) is 6.61 Å². The zero-order chi connectivity index (χ0) is 18.2. The molecule has 0 spiro atoms. The molecule has 0 unspecified atom stereocenters. The van der Waals surface area contributed by atoms with E-state index in [0.29, 0.717) is 24.2 Å². The van der Waals surface area contributed by atoms with Crippen LogP contribution in [-0.2, 0) is 16.1 Å². The Labute approximate surface area is 149 Å². The SMILES string of the molecule is COc1ccc(-c2nc(COC(=O)CCNc3ncccn3)no2)cc1. The van der Waals surface area contributed by atoms with Crippen molar-refractivity contribution in [2.24, 2.45) is 0 Å². The van der Waals surface area contributed by atoms with Crippen LogP contribution in [0.4, 0.5) is 5.95 Å². The van der Waals surface area contributed by atoms with E-state index in [9.17, 15) is 4.79 Å². The second kappa shape index (κ2) is 8.56. The lowest BCUT2D eigenvalue weighted by Gasteiger charge is -2.04. The predicted octanol–water partition coefficient (Wildman–Crippen LogP) is 2.08. The third-order valence-corrected chi connectivity index (χ3v) is 3.35. The average molecular weight is 355 g/mol. The van der Waals surface area contributed by atoms with Crippen molar-refractivity contribution < 1.29 is 18.8 Å². The highest BCUT2D eigenvalue weighted by molar-refractivity contribution is 5.69. The number of anilines is 1. The molecule has 0 bridgehead atoms. The van der Waals surface area contributed by atoms with Gasteiger partial charge in [0.25, 0.3) is 5.89 Å². The molecule has 1 aromatic carbocycles. The van der Waals surface area contributed by atoms with Crippen molar-refractivity contribution in [1.82, 2.24) is 20.1 Å². The van der Waals surface area contributed by atoms with Crippen LogP contribution in [0.25, 0.3) is 11.5 Å². The summed E-state index contributed by atoms with van der Waals surface area (Å²) < 4.78 is 15.4. The number of nitrogens with one attached hydrogen (secondary N) is 1. The molecule has 0 aliphatic carbocycles. The van der Waals surface area contributed by atoms with E-state index in [1.807, 2.05) is 0 Å². The third kappa shape index (κ3) is 4.76. The topological polar surface area (TPSA) is 112 Å². The monoisotopic (exact) mass is 355 g/mol. The molecule has 0 atom stereocenters. The lowest BCUT2D eigenvalue weighted by Crippen LogP contribution is -2.13. The van der Waals surface area contributed by atoms with Crippen LogP contribution in [0.5, 0.6) is 5.75 Å². The van der Waals surface area contributed by atoms with Crippen LogP contribution in [0.2, 0.25) is 0 Å². The Morgan fingerprint density at radius 2 is 1.96 bits per heavy atom. The first-order valence-corrected chi connectivity index (χ1v) is 7.88. The minimum Gasteiger partial charge on any atom is -0.497 e. The van der Waals surface area contributed by atoms with Crippen LogP contribution in [0, 0.1) is 0 Å². The van der Waals surface area contributed by atoms with Gasteiger partial charge in [0.05, 0.1) is 13.5 Å². The Morgan fingerprint density at radius 3 is 2.69 bits per heavy atom. The molecular formula is C17H17N5O4. The molecule has 1 N–H and O–H groups in total. The fourth-order valence-electron chi connectivity index (χ4n) is 2.05. The Kier molecular flexibility index (Phi) is 5.71. The van der Waals surface area contributed by atoms with Gasteiger partial charge in [-0.2, -0.15) is 4.98 Å². The molecule has 0 radical (unpaired) electrons. The van der Waals surface area contributed by atoms with Crippen LogP contribution in [0.3, 0.4) is 0 Å². The first-order valence-electron chi connectivity index (χ1n) is 7.88. The zero-order valence-electron chi connectivity index (χ0n) is 14.1. The summed E-state index contributed by atoms with van der Waals surface area (Å²) in [6.45, 7) is 0.312. The molecule has 3 rings (SSSR count). The maximum absolute atomic E-state index is 11.8. The van der Waals surface area contributed by atoms with Crippen molar-refractivity contribution in [1.29, 1.82) is 0 Å². The van der Waals surface area contributed by atoms with E-state index in [1.54, 1.807) is 49.8 Å². The first kappa shape index (κ1) is 17.3. The Balaban J connectivity index is 1.44. The maximum Gasteiger partial charge on any atom is 0.308 e. The lowest BCUT2D eigenvalue weighted by atomic mass is 10.2. The van der Waals surface area contributed by atoms with E-state index >= 15 is 0 Å². The van der Waals surface area contributed by atoms with Gasteiger partial charge in [0.2, 0.25) is 11.8 Å². The highest BCUT2D eigenvalue weighted by atomic mass is 16.5. The second-order valence-corrected chi connectivity index (χ2v) is 5.15. The van der Waals surface area contributed by atoms with Crippen molar-refractivity contribution in [2.45, 2.75) is 13.0 Å². The normalized spacial score (nSPS) is 10.3. The molecule has 2 heterocycles. The standard InChI is InChI=1S/C17H17N5O4/c1-24-13-5-3-12(4-6-13)16-21-14(22-26-16)11-25-15(23)7-10-20-17-18-8-2-9-19-17/h2-6,8-9H,7,10-11H2,1H3,(H,18,19,20). The molecule has 9 nitrogen and oxygen atoms in total. The van der Waals surface area contributed by atoms with Crippen LogP contribution in [0.1, 0.15) is 12.2 Å². The van der Waals surface area contributed by atoms with E-state index in [2.05, 4.69) is 25.4 Å². The molecule has 2 aromatic heterocycles. The molecule has 3 aromatic rings. The number of benzene rings is 1. The fraction of sp³-hybridized carbons (Fsp3) is 0.235. The minimum absolute atomic E-state index is 0.0552. The Morgan fingerprint density at radius 1 is 1.19 bits per heavy atom.